The van der Waals surface area contributed by atoms with E-state index in [0.717, 1.165) is 65.7 Å². The van der Waals surface area contributed by atoms with Gasteiger partial charge >= 0.3 is 5.97 Å². The minimum absolute atomic E-state index is 0. The summed E-state index contributed by atoms with van der Waals surface area (Å²) in [5, 5.41) is 4.76. The molecule has 8 heteroatoms. The first-order chi connectivity index (χ1) is 18.7. The van der Waals surface area contributed by atoms with E-state index in [0.29, 0.717) is 6.73 Å². The lowest BCUT2D eigenvalue weighted by Gasteiger charge is -2.42. The van der Waals surface area contributed by atoms with Gasteiger partial charge in [0.05, 0.1) is 55.6 Å². The van der Waals surface area contributed by atoms with Gasteiger partial charge in [-0.25, -0.2) is 4.99 Å². The van der Waals surface area contributed by atoms with Crippen LogP contribution in [0.1, 0.15) is 89.0 Å². The molecule has 1 aromatic carbocycles. The van der Waals surface area contributed by atoms with E-state index in [1.807, 2.05) is 19.9 Å². The summed E-state index contributed by atoms with van der Waals surface area (Å²) in [5.41, 5.74) is 2.78. The number of nitrogens with zero attached hydrogens (tertiary/aromatic N) is 3. The van der Waals surface area contributed by atoms with Crippen molar-refractivity contribution in [3.63, 3.8) is 0 Å². The van der Waals surface area contributed by atoms with Gasteiger partial charge in [0.15, 0.2) is 0 Å². The van der Waals surface area contributed by atoms with Crippen LogP contribution in [0.5, 0.6) is 0 Å². The van der Waals surface area contributed by atoms with Gasteiger partial charge < -0.3 is 27.4 Å². The van der Waals surface area contributed by atoms with Crippen LogP contribution in [0.25, 0.3) is 0 Å². The number of hydrogen-bond acceptors (Lipinski definition) is 6. The van der Waals surface area contributed by atoms with E-state index in [2.05, 4.69) is 55.4 Å². The van der Waals surface area contributed by atoms with Crippen LogP contribution < -0.4 is 17.7 Å². The lowest BCUT2D eigenvalue weighted by Crippen LogP contribution is -3.00. The number of nitrogens with one attached hydrogen (secondary N) is 1. The Labute approximate surface area is 252 Å². The summed E-state index contributed by atoms with van der Waals surface area (Å²) in [7, 11) is 2.21. The van der Waals surface area contributed by atoms with Gasteiger partial charge in [-0.3, -0.25) is 9.28 Å². The maximum Gasteiger partial charge on any atom is 0.315 e. The Morgan fingerprint density at radius 2 is 1.73 bits per heavy atom. The van der Waals surface area contributed by atoms with Crippen LogP contribution in [0, 0.1) is 12.3 Å². The Hall–Kier alpha value is -2.09. The van der Waals surface area contributed by atoms with Crippen LogP contribution in [-0.4, -0.2) is 61.1 Å². The third kappa shape index (κ3) is 8.46. The fourth-order valence-corrected chi connectivity index (χ4v) is 6.41. The molecule has 6 nitrogen and oxygen atoms in total. The molecule has 222 valence electrons. The molecule has 2 aromatic rings. The highest BCUT2D eigenvalue weighted by Gasteiger charge is 2.36. The first-order valence-corrected chi connectivity index (χ1v) is 15.8. The van der Waals surface area contributed by atoms with Crippen LogP contribution in [0.3, 0.4) is 0 Å². The highest BCUT2D eigenvalue weighted by molar-refractivity contribution is 7.16. The molecule has 1 fully saturated rings. The van der Waals surface area contributed by atoms with Crippen LogP contribution in [0.2, 0.25) is 0 Å². The topological polar surface area (TPSA) is 53.9 Å². The number of likely N-dealkylation sites (N-methyl/N-ethyl adjacent to an activating group) is 1. The van der Waals surface area contributed by atoms with E-state index >= 15 is 0 Å². The normalized spacial score (nSPS) is 16.1. The molecule has 0 aliphatic carbocycles. The third-order valence-corrected chi connectivity index (χ3v) is 9.27. The number of anilines is 2. The number of rotatable bonds is 12. The zero-order valence-corrected chi connectivity index (χ0v) is 26.8. The van der Waals surface area contributed by atoms with E-state index in [1.165, 1.54) is 55.4 Å². The zero-order valence-electron chi connectivity index (χ0n) is 25.2. The van der Waals surface area contributed by atoms with Crippen molar-refractivity contribution >= 4 is 39.5 Å². The molecule has 2 aliphatic heterocycles. The maximum atomic E-state index is 13.0. The van der Waals surface area contributed by atoms with Gasteiger partial charge in [0.25, 0.3) is 0 Å². The number of fused-ring (bicyclic) bond motifs is 2. The fourth-order valence-electron chi connectivity index (χ4n) is 5.49. The predicted molar refractivity (Wildman–Crippen MR) is 164 cm³/mol. The second-order valence-corrected chi connectivity index (χ2v) is 13.7. The van der Waals surface area contributed by atoms with Gasteiger partial charge in [0, 0.05) is 4.88 Å². The van der Waals surface area contributed by atoms with Crippen molar-refractivity contribution in [1.82, 2.24) is 4.90 Å². The Morgan fingerprint density at radius 3 is 2.42 bits per heavy atom. The molecule has 0 amide bonds. The first kappa shape index (κ1) is 32.4. The van der Waals surface area contributed by atoms with Crippen molar-refractivity contribution in [2.24, 2.45) is 10.4 Å². The Bertz CT molecular complexity index is 1140. The van der Waals surface area contributed by atoms with Gasteiger partial charge in [-0.2, -0.15) is 0 Å². The highest BCUT2D eigenvalue weighted by Crippen LogP contribution is 2.39. The molecule has 2 aliphatic rings. The first-order valence-electron chi connectivity index (χ1n) is 15.0. The number of carbonyl (C=O) groups excluding carboxylic acids is 1. The number of thiophene rings is 1. The lowest BCUT2D eigenvalue weighted by molar-refractivity contribution is -0.929. The molecule has 1 aromatic heterocycles. The number of piperazine rings is 1. The number of hydrogen-bond donors (Lipinski definition) is 1. The highest BCUT2D eigenvalue weighted by atomic mass is 35.5. The summed E-state index contributed by atoms with van der Waals surface area (Å²) in [6, 6.07) is 10.5. The minimum atomic E-state index is -0.425. The molecule has 0 spiro atoms. The van der Waals surface area contributed by atoms with Gasteiger partial charge in [0.1, 0.15) is 10.8 Å². The number of benzene rings is 1. The summed E-state index contributed by atoms with van der Waals surface area (Å²) in [5.74, 6) is 0.989. The summed E-state index contributed by atoms with van der Waals surface area (Å²) in [4.78, 5) is 21.8. The summed E-state index contributed by atoms with van der Waals surface area (Å²) in [6.07, 6.45) is 11.2. The number of aryl methyl sites for hydroxylation is 1. The van der Waals surface area contributed by atoms with Crippen LogP contribution >= 0.6 is 11.3 Å². The number of aliphatic imine (C=N–C) groups is 1. The summed E-state index contributed by atoms with van der Waals surface area (Å²) >= 11 is 1.78. The summed E-state index contributed by atoms with van der Waals surface area (Å²) in [6.45, 7) is 12.5. The molecule has 1 saturated heterocycles. The van der Waals surface area contributed by atoms with Gasteiger partial charge in [-0.15, -0.1) is 11.3 Å². The molecule has 0 atom stereocenters. The predicted octanol–water partition coefficient (Wildman–Crippen LogP) is 5.02. The number of halogens is 1. The minimum Gasteiger partial charge on any atom is -1.00 e. The van der Waals surface area contributed by atoms with Crippen molar-refractivity contribution in [3.8, 4) is 0 Å². The van der Waals surface area contributed by atoms with E-state index in [9.17, 15) is 4.79 Å². The zero-order chi connectivity index (χ0) is 27.9. The smallest absolute Gasteiger partial charge is 0.315 e. The maximum absolute atomic E-state index is 13.0. The number of unbranched alkanes of at least 4 members (excludes halogenated alkanes) is 7. The molecular weight excluding hydrogens is 540 g/mol. The van der Waals surface area contributed by atoms with E-state index < -0.39 is 5.41 Å². The second-order valence-electron chi connectivity index (χ2n) is 12.4. The molecule has 1 N–H and O–H groups in total. The second kappa shape index (κ2) is 14.7. The number of carbonyl (C=O) groups is 1. The average Bonchev–Trinajstić information content (AvgIpc) is 3.21. The molecule has 3 heterocycles. The number of amidine groups is 1. The van der Waals surface area contributed by atoms with Gasteiger partial charge in [-0.05, 0) is 45.4 Å². The van der Waals surface area contributed by atoms with Crippen LogP contribution in [-0.2, 0) is 9.53 Å². The standard InChI is InChI=1S/C32H49N4O2S.ClH/c1-6-7-8-9-10-11-12-15-18-32(3,4)31(37)38-24-36(5)21-19-35(20-22-36)29-26-23-25(2)39-30(26)34-28-17-14-13-16-27(28)33-29;/h13-14,16-17,23,34H,6-12,15,18-22,24H2,1-5H3;1H/q+1;/p-1. The number of quaternary nitrogens is 1. The molecule has 4 rings (SSSR count). The number of para-hydroxylation sites is 2. The molecule has 0 radical (unpaired) electrons. The van der Waals surface area contributed by atoms with E-state index in [-0.39, 0.29) is 18.4 Å². The van der Waals surface area contributed by atoms with E-state index in [4.69, 9.17) is 9.73 Å². The van der Waals surface area contributed by atoms with Crippen molar-refractivity contribution in [2.75, 3.05) is 45.3 Å². The summed E-state index contributed by atoms with van der Waals surface area (Å²) < 4.78 is 6.70. The quantitative estimate of drug-likeness (QED) is 0.215. The Kier molecular flexibility index (Phi) is 11.9. The molecule has 0 bridgehead atoms. The largest absolute Gasteiger partial charge is 1.00 e. The van der Waals surface area contributed by atoms with Crippen molar-refractivity contribution in [2.45, 2.75) is 85.5 Å². The molecule has 0 saturated carbocycles. The van der Waals surface area contributed by atoms with Crippen LogP contribution in [0.15, 0.2) is 35.3 Å². The van der Waals surface area contributed by atoms with Crippen molar-refractivity contribution in [3.05, 3.63) is 40.8 Å². The monoisotopic (exact) mass is 588 g/mol. The SMILES string of the molecule is CCCCCCCCCCC(C)(C)C(=O)OC[N+]1(C)CCN(C2=Nc3ccccc3Nc3sc(C)cc32)CC1.[Cl-]. The molecule has 40 heavy (non-hydrogen) atoms. The van der Waals surface area contributed by atoms with E-state index in [1.54, 1.807) is 11.3 Å². The van der Waals surface area contributed by atoms with Gasteiger partial charge in [-0.1, -0.05) is 70.4 Å². The fraction of sp³-hybridized carbons (Fsp3) is 0.625. The number of esters is 1. The third-order valence-electron chi connectivity index (χ3n) is 8.31. The van der Waals surface area contributed by atoms with Crippen molar-refractivity contribution in [1.29, 1.82) is 0 Å². The van der Waals surface area contributed by atoms with Crippen LogP contribution in [0.4, 0.5) is 16.4 Å². The Balaban J connectivity index is 0.00000441. The lowest BCUT2D eigenvalue weighted by atomic mass is 9.87. The number of ether oxygens (including phenoxy) is 1. The molecule has 0 unspecified atom stereocenters. The Morgan fingerprint density at radius 1 is 1.07 bits per heavy atom. The molecular formula is C32H49ClN4O2S. The van der Waals surface area contributed by atoms with Gasteiger partial charge in [0.2, 0.25) is 6.73 Å². The average molecular weight is 589 g/mol. The van der Waals surface area contributed by atoms with Crippen molar-refractivity contribution < 1.29 is 26.4 Å².